The van der Waals surface area contributed by atoms with Gasteiger partial charge in [0.2, 0.25) is 10.0 Å². The Kier molecular flexibility index (Phi) is 5.61. The molecule has 9 heteroatoms. The average Bonchev–Trinajstić information content (AvgIpc) is 2.96. The fraction of sp³-hybridized carbons (Fsp3) is 0.462. The zero-order chi connectivity index (χ0) is 16.5. The molecule has 1 atom stereocenters. The lowest BCUT2D eigenvalue weighted by atomic mass is 10.2. The number of ether oxygens (including phenoxy) is 1. The van der Waals surface area contributed by atoms with E-state index in [4.69, 9.17) is 34.8 Å². The SMILES string of the molecule is COC(=O)[C@@H]1CCCN1S(=O)(=O)c1ccc(Cl)c(CCl)c1Cl. The largest absolute Gasteiger partial charge is 0.468 e. The Bertz CT molecular complexity index is 693. The first-order chi connectivity index (χ1) is 10.3. The molecule has 122 valence electrons. The highest BCUT2D eigenvalue weighted by Crippen LogP contribution is 2.36. The van der Waals surface area contributed by atoms with E-state index >= 15 is 0 Å². The summed E-state index contributed by atoms with van der Waals surface area (Å²) in [6.45, 7) is 0.233. The van der Waals surface area contributed by atoms with Gasteiger partial charge < -0.3 is 4.74 Å². The number of alkyl halides is 1. The van der Waals surface area contributed by atoms with Gasteiger partial charge in [-0.1, -0.05) is 23.2 Å². The number of nitrogens with zero attached hydrogens (tertiary/aromatic N) is 1. The summed E-state index contributed by atoms with van der Waals surface area (Å²) in [4.78, 5) is 11.7. The van der Waals surface area contributed by atoms with E-state index in [1.165, 1.54) is 19.2 Å². The van der Waals surface area contributed by atoms with Gasteiger partial charge in [-0.05, 0) is 25.0 Å². The minimum Gasteiger partial charge on any atom is -0.468 e. The van der Waals surface area contributed by atoms with Gasteiger partial charge >= 0.3 is 5.97 Å². The van der Waals surface area contributed by atoms with Crippen LogP contribution in [0, 0.1) is 0 Å². The first kappa shape index (κ1) is 17.8. The number of rotatable bonds is 4. The number of carbonyl (C=O) groups is 1. The van der Waals surface area contributed by atoms with E-state index in [2.05, 4.69) is 4.74 Å². The van der Waals surface area contributed by atoms with Crippen LogP contribution in [-0.2, 0) is 25.4 Å². The Morgan fingerprint density at radius 3 is 2.68 bits per heavy atom. The van der Waals surface area contributed by atoms with Crippen LogP contribution in [0.3, 0.4) is 0 Å². The van der Waals surface area contributed by atoms with Gasteiger partial charge in [0, 0.05) is 17.1 Å². The number of benzene rings is 1. The Balaban J connectivity index is 2.49. The number of halogens is 3. The lowest BCUT2D eigenvalue weighted by Crippen LogP contribution is -2.41. The van der Waals surface area contributed by atoms with E-state index < -0.39 is 22.0 Å². The number of carbonyl (C=O) groups excluding carboxylic acids is 1. The van der Waals surface area contributed by atoms with Gasteiger partial charge in [-0.25, -0.2) is 8.42 Å². The molecule has 1 heterocycles. The zero-order valence-electron chi connectivity index (χ0n) is 11.7. The maximum atomic E-state index is 12.8. The van der Waals surface area contributed by atoms with Crippen molar-refractivity contribution in [3.63, 3.8) is 0 Å². The molecule has 0 radical (unpaired) electrons. The Hall–Kier alpha value is -0.530. The smallest absolute Gasteiger partial charge is 0.324 e. The number of hydrogen-bond acceptors (Lipinski definition) is 4. The summed E-state index contributed by atoms with van der Waals surface area (Å²) in [5.74, 6) is -0.592. The second-order valence-electron chi connectivity index (χ2n) is 4.77. The van der Waals surface area contributed by atoms with E-state index in [1.54, 1.807) is 0 Å². The third-order valence-electron chi connectivity index (χ3n) is 3.55. The molecule has 0 N–H and O–H groups in total. The van der Waals surface area contributed by atoms with E-state index in [-0.39, 0.29) is 22.3 Å². The highest BCUT2D eigenvalue weighted by Gasteiger charge is 2.41. The fourth-order valence-electron chi connectivity index (χ4n) is 2.42. The van der Waals surface area contributed by atoms with Crippen LogP contribution in [0.4, 0.5) is 0 Å². The molecule has 1 fully saturated rings. The highest BCUT2D eigenvalue weighted by atomic mass is 35.5. The summed E-state index contributed by atoms with van der Waals surface area (Å²) >= 11 is 17.9. The van der Waals surface area contributed by atoms with Crippen LogP contribution in [-0.4, -0.2) is 38.4 Å². The summed E-state index contributed by atoms with van der Waals surface area (Å²) < 4.78 is 31.4. The fourth-order valence-corrected chi connectivity index (χ4v) is 5.37. The number of hydrogen-bond donors (Lipinski definition) is 0. The summed E-state index contributed by atoms with van der Waals surface area (Å²) in [7, 11) is -2.71. The number of sulfonamides is 1. The predicted molar refractivity (Wildman–Crippen MR) is 84.9 cm³/mol. The van der Waals surface area contributed by atoms with Crippen LogP contribution < -0.4 is 0 Å². The molecule has 1 aromatic carbocycles. The highest BCUT2D eigenvalue weighted by molar-refractivity contribution is 7.89. The van der Waals surface area contributed by atoms with Crippen LogP contribution in [0.2, 0.25) is 10.0 Å². The first-order valence-electron chi connectivity index (χ1n) is 6.47. The first-order valence-corrected chi connectivity index (χ1v) is 9.20. The molecule has 22 heavy (non-hydrogen) atoms. The molecular formula is C13H14Cl3NO4S. The molecule has 0 aromatic heterocycles. The lowest BCUT2D eigenvalue weighted by Gasteiger charge is -2.23. The topological polar surface area (TPSA) is 63.7 Å². The predicted octanol–water partition coefficient (Wildman–Crippen LogP) is 3.06. The van der Waals surface area contributed by atoms with Gasteiger partial charge in [0.15, 0.2) is 0 Å². The van der Waals surface area contributed by atoms with Crippen LogP contribution in [0.25, 0.3) is 0 Å². The van der Waals surface area contributed by atoms with Crippen molar-refractivity contribution in [1.29, 1.82) is 0 Å². The van der Waals surface area contributed by atoms with Gasteiger partial charge in [0.25, 0.3) is 0 Å². The van der Waals surface area contributed by atoms with Crippen LogP contribution >= 0.6 is 34.8 Å². The Labute approximate surface area is 144 Å². The monoisotopic (exact) mass is 385 g/mol. The van der Waals surface area contributed by atoms with Gasteiger partial charge in [-0.2, -0.15) is 4.31 Å². The maximum absolute atomic E-state index is 12.8. The minimum absolute atomic E-state index is 0.0124. The molecule has 0 saturated carbocycles. The van der Waals surface area contributed by atoms with E-state index in [1.807, 2.05) is 0 Å². The van der Waals surface area contributed by atoms with Gasteiger partial charge in [-0.15, -0.1) is 11.6 Å². The molecule has 0 unspecified atom stereocenters. The van der Waals surface area contributed by atoms with Crippen molar-refractivity contribution in [2.24, 2.45) is 0 Å². The molecule has 1 aliphatic rings. The zero-order valence-corrected chi connectivity index (χ0v) is 14.8. The van der Waals surface area contributed by atoms with Crippen molar-refractivity contribution in [2.75, 3.05) is 13.7 Å². The maximum Gasteiger partial charge on any atom is 0.324 e. The van der Waals surface area contributed by atoms with Crippen molar-refractivity contribution in [3.8, 4) is 0 Å². The molecule has 0 amide bonds. The molecule has 1 aliphatic heterocycles. The summed E-state index contributed by atoms with van der Waals surface area (Å²) in [6, 6.07) is 1.92. The van der Waals surface area contributed by atoms with Gasteiger partial charge in [0.1, 0.15) is 10.9 Å². The van der Waals surface area contributed by atoms with Crippen LogP contribution in [0.15, 0.2) is 17.0 Å². The second kappa shape index (κ2) is 6.93. The molecule has 1 aromatic rings. The minimum atomic E-state index is -3.94. The van der Waals surface area contributed by atoms with E-state index in [0.717, 1.165) is 4.31 Å². The van der Waals surface area contributed by atoms with Crippen molar-refractivity contribution >= 4 is 50.8 Å². The molecular weight excluding hydrogens is 373 g/mol. The van der Waals surface area contributed by atoms with Crippen molar-refractivity contribution in [3.05, 3.63) is 27.7 Å². The normalized spacial score (nSPS) is 19.4. The summed E-state index contributed by atoms with van der Waals surface area (Å²) in [5, 5.41) is 0.280. The van der Waals surface area contributed by atoms with Crippen molar-refractivity contribution in [1.82, 2.24) is 4.31 Å². The number of methoxy groups -OCH3 is 1. The van der Waals surface area contributed by atoms with Crippen molar-refractivity contribution in [2.45, 2.75) is 29.7 Å². The van der Waals surface area contributed by atoms with Crippen LogP contribution in [0.5, 0.6) is 0 Å². The third kappa shape index (κ3) is 3.08. The molecule has 0 aliphatic carbocycles. The van der Waals surface area contributed by atoms with E-state index in [0.29, 0.717) is 23.4 Å². The standard InChI is InChI=1S/C13H14Cl3NO4S/c1-21-13(18)10-3-2-6-17(10)22(19,20)11-5-4-9(15)8(7-14)12(11)16/h4-5,10H,2-3,6-7H2,1H3/t10-/m0/s1. The summed E-state index contributed by atoms with van der Waals surface area (Å²) in [6.07, 6.45) is 0.992. The Morgan fingerprint density at radius 2 is 2.09 bits per heavy atom. The van der Waals surface area contributed by atoms with Gasteiger partial charge in [0.05, 0.1) is 18.0 Å². The molecule has 0 bridgehead atoms. The van der Waals surface area contributed by atoms with Gasteiger partial charge in [-0.3, -0.25) is 4.79 Å². The molecule has 5 nitrogen and oxygen atoms in total. The lowest BCUT2D eigenvalue weighted by molar-refractivity contribution is -0.144. The molecule has 1 saturated heterocycles. The van der Waals surface area contributed by atoms with Crippen LogP contribution in [0.1, 0.15) is 18.4 Å². The van der Waals surface area contributed by atoms with E-state index in [9.17, 15) is 13.2 Å². The molecule has 2 rings (SSSR count). The second-order valence-corrected chi connectivity index (χ2v) is 7.68. The quantitative estimate of drug-likeness (QED) is 0.589. The Morgan fingerprint density at radius 1 is 1.41 bits per heavy atom. The molecule has 0 spiro atoms. The van der Waals surface area contributed by atoms with Crippen molar-refractivity contribution < 1.29 is 17.9 Å². The third-order valence-corrected chi connectivity index (χ3v) is 6.66. The average molecular weight is 387 g/mol. The number of esters is 1. The summed E-state index contributed by atoms with van der Waals surface area (Å²) in [5.41, 5.74) is 0.347.